The first-order valence-corrected chi connectivity index (χ1v) is 6.72. The molecule has 0 bridgehead atoms. The molecule has 4 heteroatoms. The number of rotatable bonds is 6. The van der Waals surface area contributed by atoms with Gasteiger partial charge in [0.1, 0.15) is 0 Å². The highest BCUT2D eigenvalue weighted by Gasteiger charge is 2.28. The third-order valence-electron chi connectivity index (χ3n) is 3.45. The van der Waals surface area contributed by atoms with Crippen molar-refractivity contribution in [2.75, 3.05) is 26.3 Å². The zero-order valence-electron chi connectivity index (χ0n) is 11.0. The molecule has 1 N–H and O–H groups in total. The van der Waals surface area contributed by atoms with E-state index in [2.05, 4.69) is 6.92 Å². The van der Waals surface area contributed by atoms with Gasteiger partial charge in [-0.15, -0.1) is 0 Å². The highest BCUT2D eigenvalue weighted by Crippen LogP contribution is 2.20. The van der Waals surface area contributed by atoms with Gasteiger partial charge in [0.2, 0.25) is 5.91 Å². The minimum Gasteiger partial charge on any atom is -0.393 e. The topological polar surface area (TPSA) is 49.8 Å². The number of aliphatic hydroxyl groups is 1. The largest absolute Gasteiger partial charge is 0.393 e. The lowest BCUT2D eigenvalue weighted by Crippen LogP contribution is -2.45. The predicted molar refractivity (Wildman–Crippen MR) is 66.7 cm³/mol. The molecule has 1 rings (SSSR count). The minimum atomic E-state index is -0.229. The molecule has 2 unspecified atom stereocenters. The molecule has 1 amide bonds. The van der Waals surface area contributed by atoms with Crippen molar-refractivity contribution in [2.24, 2.45) is 5.92 Å². The Labute approximate surface area is 104 Å². The predicted octanol–water partition coefficient (Wildman–Crippen LogP) is 1.42. The third-order valence-corrected chi connectivity index (χ3v) is 3.45. The van der Waals surface area contributed by atoms with Gasteiger partial charge in [-0.2, -0.15) is 0 Å². The number of likely N-dealkylation sites (tertiary alicyclic amines) is 1. The van der Waals surface area contributed by atoms with Gasteiger partial charge in [0.15, 0.2) is 0 Å². The molecule has 0 spiro atoms. The molecular weight excluding hydrogens is 218 g/mol. The molecule has 0 saturated carbocycles. The first-order valence-electron chi connectivity index (χ1n) is 6.72. The van der Waals surface area contributed by atoms with Crippen molar-refractivity contribution in [2.45, 2.75) is 45.6 Å². The van der Waals surface area contributed by atoms with Gasteiger partial charge in [-0.25, -0.2) is 0 Å². The van der Waals surface area contributed by atoms with Gasteiger partial charge >= 0.3 is 0 Å². The molecule has 1 saturated heterocycles. The van der Waals surface area contributed by atoms with Crippen LogP contribution in [-0.4, -0.2) is 48.3 Å². The van der Waals surface area contributed by atoms with E-state index in [0.29, 0.717) is 32.7 Å². The van der Waals surface area contributed by atoms with E-state index < -0.39 is 0 Å². The fourth-order valence-electron chi connectivity index (χ4n) is 2.28. The standard InChI is InChI=1S/C13H25NO3/c1-3-11-10-14(8-7-12(11)15)13(16)6-5-9-17-4-2/h11-12,15H,3-10H2,1-2H3. The van der Waals surface area contributed by atoms with Crippen molar-refractivity contribution in [3.05, 3.63) is 0 Å². The third kappa shape index (κ3) is 4.64. The van der Waals surface area contributed by atoms with Crippen LogP contribution < -0.4 is 0 Å². The number of amides is 1. The second-order valence-electron chi connectivity index (χ2n) is 4.66. The van der Waals surface area contributed by atoms with E-state index in [1.807, 2.05) is 11.8 Å². The van der Waals surface area contributed by atoms with Crippen LogP contribution in [0.4, 0.5) is 0 Å². The molecule has 1 aliphatic heterocycles. The summed E-state index contributed by atoms with van der Waals surface area (Å²) in [6, 6.07) is 0. The van der Waals surface area contributed by atoms with Crippen molar-refractivity contribution in [1.82, 2.24) is 4.90 Å². The molecular formula is C13H25NO3. The summed E-state index contributed by atoms with van der Waals surface area (Å²) >= 11 is 0. The fourth-order valence-corrected chi connectivity index (χ4v) is 2.28. The maximum atomic E-state index is 11.9. The number of hydrogen-bond acceptors (Lipinski definition) is 3. The number of carbonyl (C=O) groups excluding carboxylic acids is 1. The molecule has 1 aliphatic rings. The molecule has 100 valence electrons. The summed E-state index contributed by atoms with van der Waals surface area (Å²) in [4.78, 5) is 13.8. The Bertz CT molecular complexity index is 233. The number of piperidine rings is 1. The highest BCUT2D eigenvalue weighted by atomic mass is 16.5. The number of nitrogens with zero attached hydrogens (tertiary/aromatic N) is 1. The van der Waals surface area contributed by atoms with Crippen LogP contribution in [0, 0.1) is 5.92 Å². The summed E-state index contributed by atoms with van der Waals surface area (Å²) in [7, 11) is 0. The molecule has 17 heavy (non-hydrogen) atoms. The normalized spacial score (nSPS) is 25.0. The Kier molecular flexibility index (Phi) is 6.52. The summed E-state index contributed by atoms with van der Waals surface area (Å²) in [6.07, 6.45) is 2.78. The van der Waals surface area contributed by atoms with Crippen molar-refractivity contribution in [3.8, 4) is 0 Å². The summed E-state index contributed by atoms with van der Waals surface area (Å²) in [5, 5.41) is 9.76. The number of carbonyl (C=O) groups is 1. The zero-order valence-corrected chi connectivity index (χ0v) is 11.0. The maximum absolute atomic E-state index is 11.9. The fraction of sp³-hybridized carbons (Fsp3) is 0.923. The Morgan fingerprint density at radius 2 is 2.24 bits per heavy atom. The SMILES string of the molecule is CCOCCCC(=O)N1CCC(O)C(CC)C1. The minimum absolute atomic E-state index is 0.204. The summed E-state index contributed by atoms with van der Waals surface area (Å²) < 4.78 is 5.22. The van der Waals surface area contributed by atoms with Crippen LogP contribution in [0.25, 0.3) is 0 Å². The van der Waals surface area contributed by atoms with Gasteiger partial charge in [0.05, 0.1) is 6.10 Å². The summed E-state index contributed by atoms with van der Waals surface area (Å²) in [5.74, 6) is 0.453. The Morgan fingerprint density at radius 1 is 1.47 bits per heavy atom. The number of aliphatic hydroxyl groups excluding tert-OH is 1. The second kappa shape index (κ2) is 7.67. The van der Waals surface area contributed by atoms with Crippen molar-refractivity contribution >= 4 is 5.91 Å². The van der Waals surface area contributed by atoms with E-state index >= 15 is 0 Å². The van der Waals surface area contributed by atoms with Crippen molar-refractivity contribution < 1.29 is 14.6 Å². The van der Waals surface area contributed by atoms with Gasteiger partial charge in [0.25, 0.3) is 0 Å². The van der Waals surface area contributed by atoms with Gasteiger partial charge in [-0.05, 0) is 26.2 Å². The molecule has 2 atom stereocenters. The van der Waals surface area contributed by atoms with E-state index in [9.17, 15) is 9.90 Å². The first kappa shape index (κ1) is 14.5. The molecule has 1 fully saturated rings. The Balaban J connectivity index is 2.27. The van der Waals surface area contributed by atoms with Crippen molar-refractivity contribution in [1.29, 1.82) is 0 Å². The van der Waals surface area contributed by atoms with E-state index in [0.717, 1.165) is 19.3 Å². The molecule has 0 radical (unpaired) electrons. The maximum Gasteiger partial charge on any atom is 0.222 e. The van der Waals surface area contributed by atoms with Gasteiger partial charge < -0.3 is 14.7 Å². The smallest absolute Gasteiger partial charge is 0.222 e. The monoisotopic (exact) mass is 243 g/mol. The summed E-state index contributed by atoms with van der Waals surface area (Å²) in [5.41, 5.74) is 0. The van der Waals surface area contributed by atoms with Gasteiger partial charge in [-0.3, -0.25) is 4.79 Å². The average molecular weight is 243 g/mol. The van der Waals surface area contributed by atoms with E-state index in [4.69, 9.17) is 4.74 Å². The van der Waals surface area contributed by atoms with Crippen molar-refractivity contribution in [3.63, 3.8) is 0 Å². The first-order chi connectivity index (χ1) is 8.19. The highest BCUT2D eigenvalue weighted by molar-refractivity contribution is 5.76. The van der Waals surface area contributed by atoms with E-state index in [1.165, 1.54) is 0 Å². The average Bonchev–Trinajstić information content (AvgIpc) is 2.35. The van der Waals surface area contributed by atoms with Crippen LogP contribution in [0.3, 0.4) is 0 Å². The lowest BCUT2D eigenvalue weighted by Gasteiger charge is -2.35. The van der Waals surface area contributed by atoms with Crippen LogP contribution in [-0.2, 0) is 9.53 Å². The summed E-state index contributed by atoms with van der Waals surface area (Å²) in [6.45, 7) is 6.81. The Morgan fingerprint density at radius 3 is 2.88 bits per heavy atom. The second-order valence-corrected chi connectivity index (χ2v) is 4.66. The molecule has 4 nitrogen and oxygen atoms in total. The van der Waals surface area contributed by atoms with Gasteiger partial charge in [-0.1, -0.05) is 6.92 Å². The van der Waals surface area contributed by atoms with E-state index in [1.54, 1.807) is 0 Å². The molecule has 0 aliphatic carbocycles. The lowest BCUT2D eigenvalue weighted by atomic mass is 9.92. The van der Waals surface area contributed by atoms with Crippen LogP contribution in [0.15, 0.2) is 0 Å². The molecule has 0 aromatic heterocycles. The van der Waals surface area contributed by atoms with Gasteiger partial charge in [0, 0.05) is 38.6 Å². The number of ether oxygens (including phenoxy) is 1. The molecule has 0 aromatic carbocycles. The van der Waals surface area contributed by atoms with E-state index in [-0.39, 0.29) is 17.9 Å². The van der Waals surface area contributed by atoms with Crippen LogP contribution in [0.2, 0.25) is 0 Å². The zero-order chi connectivity index (χ0) is 12.7. The quantitative estimate of drug-likeness (QED) is 0.718. The van der Waals surface area contributed by atoms with Crippen LogP contribution in [0.1, 0.15) is 39.5 Å². The molecule has 0 aromatic rings. The molecule has 1 heterocycles. The Hall–Kier alpha value is -0.610. The van der Waals surface area contributed by atoms with Crippen LogP contribution >= 0.6 is 0 Å². The number of hydrogen-bond donors (Lipinski definition) is 1. The lowest BCUT2D eigenvalue weighted by molar-refractivity contribution is -0.135. The van der Waals surface area contributed by atoms with Crippen LogP contribution in [0.5, 0.6) is 0 Å².